The van der Waals surface area contributed by atoms with Gasteiger partial charge in [0.15, 0.2) is 0 Å². The van der Waals surface area contributed by atoms with Crippen LogP contribution in [0.15, 0.2) is 48.5 Å². The third kappa shape index (κ3) is 2.21. The number of ether oxygens (including phenoxy) is 1. The second kappa shape index (κ2) is 5.48. The quantitative estimate of drug-likeness (QED) is 0.815. The minimum absolute atomic E-state index is 0.00417. The Morgan fingerprint density at radius 3 is 2.60 bits per heavy atom. The zero-order valence-corrected chi connectivity index (χ0v) is 11.5. The molecule has 2 heteroatoms. The number of rotatable bonds is 3. The smallest absolute Gasteiger partial charge is 0.109 e. The van der Waals surface area contributed by atoms with Crippen molar-refractivity contribution in [2.75, 3.05) is 0 Å². The van der Waals surface area contributed by atoms with Crippen molar-refractivity contribution >= 4 is 0 Å². The molecule has 2 unspecified atom stereocenters. The highest BCUT2D eigenvalue weighted by Gasteiger charge is 2.32. The second-order valence-corrected chi connectivity index (χ2v) is 5.16. The van der Waals surface area contributed by atoms with E-state index >= 15 is 0 Å². The summed E-state index contributed by atoms with van der Waals surface area (Å²) in [6.07, 6.45) is 2.16. The maximum atomic E-state index is 9.08. The predicted molar refractivity (Wildman–Crippen MR) is 78.2 cm³/mol. The van der Waals surface area contributed by atoms with Gasteiger partial charge in [0.2, 0.25) is 0 Å². The van der Waals surface area contributed by atoms with E-state index in [2.05, 4.69) is 25.1 Å². The van der Waals surface area contributed by atoms with Crippen LogP contribution in [0.3, 0.4) is 0 Å². The van der Waals surface area contributed by atoms with Crippen molar-refractivity contribution in [1.29, 1.82) is 5.26 Å². The Morgan fingerprint density at radius 2 is 1.90 bits per heavy atom. The van der Waals surface area contributed by atoms with Crippen molar-refractivity contribution in [2.45, 2.75) is 32.0 Å². The van der Waals surface area contributed by atoms with Gasteiger partial charge in [-0.2, -0.15) is 5.26 Å². The Balaban J connectivity index is 2.04. The average Bonchev–Trinajstić information content (AvgIpc) is 2.86. The third-order valence-electron chi connectivity index (χ3n) is 3.80. The van der Waals surface area contributed by atoms with Gasteiger partial charge in [0.25, 0.3) is 0 Å². The van der Waals surface area contributed by atoms with E-state index in [9.17, 15) is 0 Å². The van der Waals surface area contributed by atoms with Crippen molar-refractivity contribution in [2.24, 2.45) is 0 Å². The molecule has 0 fully saturated rings. The van der Waals surface area contributed by atoms with E-state index in [1.807, 2.05) is 36.4 Å². The number of hydrogen-bond donors (Lipinski definition) is 0. The van der Waals surface area contributed by atoms with Crippen LogP contribution >= 0.6 is 0 Å². The molecule has 0 aliphatic carbocycles. The molecule has 0 saturated heterocycles. The van der Waals surface area contributed by atoms with E-state index in [0.29, 0.717) is 5.56 Å². The Labute approximate surface area is 119 Å². The Kier molecular flexibility index (Phi) is 3.54. The molecule has 2 atom stereocenters. The molecule has 2 aromatic carbocycles. The van der Waals surface area contributed by atoms with E-state index in [-0.39, 0.29) is 12.2 Å². The molecule has 1 heterocycles. The van der Waals surface area contributed by atoms with Gasteiger partial charge in [0, 0.05) is 0 Å². The highest BCUT2D eigenvalue weighted by molar-refractivity contribution is 5.45. The van der Waals surface area contributed by atoms with Crippen LogP contribution in [0, 0.1) is 11.3 Å². The van der Waals surface area contributed by atoms with Crippen molar-refractivity contribution in [3.05, 3.63) is 70.8 Å². The number of benzene rings is 2. The monoisotopic (exact) mass is 263 g/mol. The number of fused-ring (bicyclic) bond motifs is 1. The lowest BCUT2D eigenvalue weighted by Gasteiger charge is -2.14. The van der Waals surface area contributed by atoms with Crippen LogP contribution in [0.1, 0.15) is 54.2 Å². The first-order valence-corrected chi connectivity index (χ1v) is 7.08. The molecular formula is C18H17NO. The van der Waals surface area contributed by atoms with E-state index in [0.717, 1.165) is 12.8 Å². The van der Waals surface area contributed by atoms with Crippen LogP contribution < -0.4 is 0 Å². The van der Waals surface area contributed by atoms with Gasteiger partial charge in [0.1, 0.15) is 6.10 Å². The maximum Gasteiger partial charge on any atom is 0.109 e. The van der Waals surface area contributed by atoms with Crippen LogP contribution in [0.5, 0.6) is 0 Å². The summed E-state index contributed by atoms with van der Waals surface area (Å²) in [6, 6.07) is 18.4. The molecule has 2 nitrogen and oxygen atoms in total. The highest BCUT2D eigenvalue weighted by atomic mass is 16.5. The molecule has 0 spiro atoms. The van der Waals surface area contributed by atoms with Gasteiger partial charge < -0.3 is 4.74 Å². The topological polar surface area (TPSA) is 33.0 Å². The summed E-state index contributed by atoms with van der Waals surface area (Å²) in [6.45, 7) is 2.16. The first-order valence-electron chi connectivity index (χ1n) is 7.08. The maximum absolute atomic E-state index is 9.08. The van der Waals surface area contributed by atoms with Gasteiger partial charge in [-0.15, -0.1) is 0 Å². The minimum Gasteiger partial charge on any atom is -0.361 e. The summed E-state index contributed by atoms with van der Waals surface area (Å²) in [4.78, 5) is 0. The molecule has 20 heavy (non-hydrogen) atoms. The normalized spacial score (nSPS) is 20.4. The van der Waals surface area contributed by atoms with Crippen LogP contribution in [-0.4, -0.2) is 0 Å². The molecule has 0 amide bonds. The van der Waals surface area contributed by atoms with E-state index in [1.165, 1.54) is 16.7 Å². The fourth-order valence-electron chi connectivity index (χ4n) is 2.84. The Bertz CT molecular complexity index is 642. The summed E-state index contributed by atoms with van der Waals surface area (Å²) in [5.74, 6) is 0. The third-order valence-corrected chi connectivity index (χ3v) is 3.80. The van der Waals surface area contributed by atoms with E-state index in [4.69, 9.17) is 10.00 Å². The first kappa shape index (κ1) is 12.9. The summed E-state index contributed by atoms with van der Waals surface area (Å²) in [5.41, 5.74) is 4.27. The lowest BCUT2D eigenvalue weighted by molar-refractivity contribution is 0.0281. The van der Waals surface area contributed by atoms with Crippen LogP contribution in [0.4, 0.5) is 0 Å². The number of hydrogen-bond acceptors (Lipinski definition) is 2. The molecule has 100 valence electrons. The molecule has 0 radical (unpaired) electrons. The standard InChI is InChI=1S/C18H17NO/c1-2-6-17-16-11-13(12-19)9-10-15(16)18(20-17)14-7-4-3-5-8-14/h3-5,7-11,17-18H,2,6H2,1H3. The zero-order valence-electron chi connectivity index (χ0n) is 11.5. The molecule has 2 aromatic rings. The van der Waals surface area contributed by atoms with Gasteiger partial charge >= 0.3 is 0 Å². The molecule has 1 aliphatic heterocycles. The van der Waals surface area contributed by atoms with Gasteiger partial charge in [-0.1, -0.05) is 49.7 Å². The van der Waals surface area contributed by atoms with Gasteiger partial charge in [-0.3, -0.25) is 0 Å². The minimum atomic E-state index is -0.00417. The Hall–Kier alpha value is -2.11. The SMILES string of the molecule is CCCC1OC(c2ccccc2)c2ccc(C#N)cc21. The summed E-state index contributed by atoms with van der Waals surface area (Å²) in [5, 5.41) is 9.08. The lowest BCUT2D eigenvalue weighted by Crippen LogP contribution is -2.00. The molecular weight excluding hydrogens is 246 g/mol. The van der Waals surface area contributed by atoms with Crippen LogP contribution in [0.25, 0.3) is 0 Å². The largest absolute Gasteiger partial charge is 0.361 e. The fraction of sp³-hybridized carbons (Fsp3) is 0.278. The zero-order chi connectivity index (χ0) is 13.9. The average molecular weight is 263 g/mol. The summed E-state index contributed by atoms with van der Waals surface area (Å²) < 4.78 is 6.25. The van der Waals surface area contributed by atoms with Crippen LogP contribution in [0.2, 0.25) is 0 Å². The molecule has 3 rings (SSSR count). The van der Waals surface area contributed by atoms with E-state index < -0.39 is 0 Å². The van der Waals surface area contributed by atoms with Gasteiger partial charge in [-0.25, -0.2) is 0 Å². The molecule has 0 bridgehead atoms. The Morgan fingerprint density at radius 1 is 1.10 bits per heavy atom. The lowest BCUT2D eigenvalue weighted by atomic mass is 9.95. The summed E-state index contributed by atoms with van der Waals surface area (Å²) in [7, 11) is 0. The predicted octanol–water partition coefficient (Wildman–Crippen LogP) is 4.52. The van der Waals surface area contributed by atoms with Crippen molar-refractivity contribution in [1.82, 2.24) is 0 Å². The number of nitrogens with zero attached hydrogens (tertiary/aromatic N) is 1. The van der Waals surface area contributed by atoms with Gasteiger partial charge in [-0.05, 0) is 35.2 Å². The first-order chi connectivity index (χ1) is 9.83. The second-order valence-electron chi connectivity index (χ2n) is 5.16. The summed E-state index contributed by atoms with van der Waals surface area (Å²) >= 11 is 0. The molecule has 0 N–H and O–H groups in total. The molecule has 0 saturated carbocycles. The van der Waals surface area contributed by atoms with Gasteiger partial charge in [0.05, 0.1) is 17.7 Å². The van der Waals surface area contributed by atoms with Crippen molar-refractivity contribution in [3.63, 3.8) is 0 Å². The highest BCUT2D eigenvalue weighted by Crippen LogP contribution is 2.44. The van der Waals surface area contributed by atoms with Crippen molar-refractivity contribution < 1.29 is 4.74 Å². The van der Waals surface area contributed by atoms with E-state index in [1.54, 1.807) is 0 Å². The number of nitriles is 1. The van der Waals surface area contributed by atoms with Crippen molar-refractivity contribution in [3.8, 4) is 6.07 Å². The van der Waals surface area contributed by atoms with Crippen LogP contribution in [-0.2, 0) is 4.74 Å². The molecule has 1 aliphatic rings. The molecule has 0 aromatic heterocycles. The fourth-order valence-corrected chi connectivity index (χ4v) is 2.84.